The molecular formula is C13H21ClN2S. The van der Waals surface area contributed by atoms with E-state index in [9.17, 15) is 0 Å². The molecule has 0 saturated carbocycles. The highest BCUT2D eigenvalue weighted by Crippen LogP contribution is 2.30. The molecule has 1 fully saturated rings. The molecule has 0 amide bonds. The maximum absolute atomic E-state index is 5.81. The third-order valence-corrected chi connectivity index (χ3v) is 4.85. The Morgan fingerprint density at radius 3 is 2.65 bits per heavy atom. The Balaban J connectivity index is 2.05. The van der Waals surface area contributed by atoms with Crippen molar-refractivity contribution >= 4 is 22.9 Å². The molecule has 3 unspecified atom stereocenters. The number of alkyl halides is 1. The average molecular weight is 273 g/mol. The molecule has 2 rings (SSSR count). The first-order chi connectivity index (χ1) is 8.10. The maximum Gasteiger partial charge on any atom is 0.110 e. The summed E-state index contributed by atoms with van der Waals surface area (Å²) in [5.74, 6) is 2.12. The van der Waals surface area contributed by atoms with E-state index in [2.05, 4.69) is 36.0 Å². The average Bonchev–Trinajstić information content (AvgIpc) is 2.75. The van der Waals surface area contributed by atoms with Gasteiger partial charge in [0.15, 0.2) is 0 Å². The topological polar surface area (TPSA) is 16.1 Å². The molecule has 1 aromatic heterocycles. The van der Waals surface area contributed by atoms with E-state index in [0.29, 0.717) is 11.9 Å². The first kappa shape index (κ1) is 13.3. The quantitative estimate of drug-likeness (QED) is 0.776. The minimum atomic E-state index is 0.433. The predicted molar refractivity (Wildman–Crippen MR) is 74.6 cm³/mol. The summed E-state index contributed by atoms with van der Waals surface area (Å²) in [4.78, 5) is 7.16. The van der Waals surface area contributed by atoms with Crippen molar-refractivity contribution in [2.45, 2.75) is 39.1 Å². The second kappa shape index (κ2) is 5.68. The second-order valence-electron chi connectivity index (χ2n) is 5.39. The minimum absolute atomic E-state index is 0.433. The second-order valence-corrected chi connectivity index (χ2v) is 6.54. The van der Waals surface area contributed by atoms with E-state index >= 15 is 0 Å². The lowest BCUT2D eigenvalue weighted by Crippen LogP contribution is -2.40. The zero-order valence-electron chi connectivity index (χ0n) is 10.8. The first-order valence-electron chi connectivity index (χ1n) is 6.34. The third kappa shape index (κ3) is 3.21. The molecule has 2 nitrogen and oxygen atoms in total. The van der Waals surface area contributed by atoms with E-state index in [0.717, 1.165) is 17.5 Å². The van der Waals surface area contributed by atoms with Gasteiger partial charge in [0.25, 0.3) is 0 Å². The fourth-order valence-electron chi connectivity index (χ4n) is 2.76. The Bertz CT molecular complexity index is 356. The lowest BCUT2D eigenvalue weighted by molar-refractivity contribution is 0.103. The summed E-state index contributed by atoms with van der Waals surface area (Å²) in [7, 11) is 0. The van der Waals surface area contributed by atoms with Gasteiger partial charge < -0.3 is 0 Å². The summed E-state index contributed by atoms with van der Waals surface area (Å²) >= 11 is 7.55. The van der Waals surface area contributed by atoms with Gasteiger partial charge in [-0.15, -0.1) is 22.9 Å². The van der Waals surface area contributed by atoms with E-state index in [1.54, 1.807) is 11.3 Å². The number of hydrogen-bond donors (Lipinski definition) is 0. The van der Waals surface area contributed by atoms with Gasteiger partial charge in [0.1, 0.15) is 5.01 Å². The van der Waals surface area contributed by atoms with Crippen LogP contribution in [0, 0.1) is 11.8 Å². The Hall–Kier alpha value is -0.120. The van der Waals surface area contributed by atoms with Crippen LogP contribution >= 0.6 is 22.9 Å². The Morgan fingerprint density at radius 1 is 1.47 bits per heavy atom. The summed E-state index contributed by atoms with van der Waals surface area (Å²) in [5.41, 5.74) is 1.01. The molecule has 0 aromatic carbocycles. The van der Waals surface area contributed by atoms with Crippen molar-refractivity contribution in [2.24, 2.45) is 11.8 Å². The Labute approximate surface area is 113 Å². The predicted octanol–water partition coefficient (Wildman–Crippen LogP) is 3.92. The summed E-state index contributed by atoms with van der Waals surface area (Å²) in [6, 6.07) is 0.433. The van der Waals surface area contributed by atoms with E-state index in [4.69, 9.17) is 11.6 Å². The molecular weight excluding hydrogens is 252 g/mol. The van der Waals surface area contributed by atoms with Crippen LogP contribution in [0.25, 0.3) is 0 Å². The fourth-order valence-corrected chi connectivity index (χ4v) is 3.90. The zero-order chi connectivity index (χ0) is 12.4. The van der Waals surface area contributed by atoms with Gasteiger partial charge in [-0.3, -0.25) is 4.90 Å². The molecule has 17 heavy (non-hydrogen) atoms. The maximum atomic E-state index is 5.81. The molecule has 0 aliphatic carbocycles. The first-order valence-corrected chi connectivity index (χ1v) is 7.76. The van der Waals surface area contributed by atoms with Gasteiger partial charge in [-0.2, -0.15) is 0 Å². The van der Waals surface area contributed by atoms with Crippen molar-refractivity contribution in [2.75, 3.05) is 13.1 Å². The number of aromatic nitrogens is 1. The lowest BCUT2D eigenvalue weighted by atomic mass is 9.91. The zero-order valence-corrected chi connectivity index (χ0v) is 12.4. The van der Waals surface area contributed by atoms with E-state index in [1.807, 2.05) is 0 Å². The molecule has 0 bridgehead atoms. The SMILES string of the molecule is CC1CC(C)CN(C(C)c2nc(CCl)cs2)C1. The largest absolute Gasteiger partial charge is 0.294 e. The minimum Gasteiger partial charge on any atom is -0.294 e. The van der Waals surface area contributed by atoms with Gasteiger partial charge in [-0.25, -0.2) is 4.98 Å². The van der Waals surface area contributed by atoms with E-state index in [-0.39, 0.29) is 0 Å². The molecule has 1 aromatic rings. The van der Waals surface area contributed by atoms with Crippen molar-refractivity contribution < 1.29 is 0 Å². The van der Waals surface area contributed by atoms with Crippen LogP contribution in [0.3, 0.4) is 0 Å². The molecule has 0 N–H and O–H groups in total. The van der Waals surface area contributed by atoms with Crippen LogP contribution in [0.1, 0.15) is 43.9 Å². The standard InChI is InChI=1S/C13H21ClN2S/c1-9-4-10(2)7-16(6-9)11(3)13-15-12(5-14)8-17-13/h8-11H,4-7H2,1-3H3. The number of halogens is 1. The molecule has 2 heterocycles. The van der Waals surface area contributed by atoms with Crippen LogP contribution in [0.2, 0.25) is 0 Å². The Kier molecular flexibility index (Phi) is 4.45. The highest BCUT2D eigenvalue weighted by atomic mass is 35.5. The van der Waals surface area contributed by atoms with Gasteiger partial charge in [-0.05, 0) is 25.2 Å². The number of thiazole rings is 1. The van der Waals surface area contributed by atoms with Gasteiger partial charge in [0.05, 0.1) is 17.6 Å². The number of likely N-dealkylation sites (tertiary alicyclic amines) is 1. The van der Waals surface area contributed by atoms with E-state index < -0.39 is 0 Å². The summed E-state index contributed by atoms with van der Waals surface area (Å²) in [6.45, 7) is 9.35. The van der Waals surface area contributed by atoms with E-state index in [1.165, 1.54) is 24.5 Å². The highest BCUT2D eigenvalue weighted by molar-refractivity contribution is 7.09. The normalized spacial score (nSPS) is 28.2. The van der Waals surface area contributed by atoms with Crippen LogP contribution in [0.15, 0.2) is 5.38 Å². The number of hydrogen-bond acceptors (Lipinski definition) is 3. The van der Waals surface area contributed by atoms with Crippen molar-refractivity contribution in [1.82, 2.24) is 9.88 Å². The molecule has 96 valence electrons. The van der Waals surface area contributed by atoms with Gasteiger partial charge in [0.2, 0.25) is 0 Å². The van der Waals surface area contributed by atoms with Crippen LogP contribution in [-0.2, 0) is 5.88 Å². The Morgan fingerprint density at radius 2 is 2.12 bits per heavy atom. The molecule has 0 spiro atoms. The summed E-state index contributed by atoms with van der Waals surface area (Å²) < 4.78 is 0. The third-order valence-electron chi connectivity index (χ3n) is 3.51. The summed E-state index contributed by atoms with van der Waals surface area (Å²) in [6.07, 6.45) is 1.36. The van der Waals surface area contributed by atoms with Crippen molar-refractivity contribution in [1.29, 1.82) is 0 Å². The van der Waals surface area contributed by atoms with Crippen LogP contribution < -0.4 is 0 Å². The van der Waals surface area contributed by atoms with Gasteiger partial charge >= 0.3 is 0 Å². The highest BCUT2D eigenvalue weighted by Gasteiger charge is 2.27. The molecule has 1 aliphatic rings. The summed E-state index contributed by atoms with van der Waals surface area (Å²) in [5, 5.41) is 3.29. The fraction of sp³-hybridized carbons (Fsp3) is 0.769. The van der Waals surface area contributed by atoms with Crippen LogP contribution in [0.4, 0.5) is 0 Å². The molecule has 1 saturated heterocycles. The molecule has 0 radical (unpaired) electrons. The molecule has 1 aliphatic heterocycles. The number of piperidine rings is 1. The molecule has 3 atom stereocenters. The number of rotatable bonds is 3. The van der Waals surface area contributed by atoms with Crippen molar-refractivity contribution in [3.05, 3.63) is 16.1 Å². The molecule has 4 heteroatoms. The van der Waals surface area contributed by atoms with Crippen LogP contribution in [0.5, 0.6) is 0 Å². The van der Waals surface area contributed by atoms with Gasteiger partial charge in [0, 0.05) is 18.5 Å². The lowest BCUT2D eigenvalue weighted by Gasteiger charge is -2.38. The van der Waals surface area contributed by atoms with Gasteiger partial charge in [-0.1, -0.05) is 13.8 Å². The smallest absolute Gasteiger partial charge is 0.110 e. The number of nitrogens with zero attached hydrogens (tertiary/aromatic N) is 2. The van der Waals surface area contributed by atoms with Crippen molar-refractivity contribution in [3.8, 4) is 0 Å². The van der Waals surface area contributed by atoms with Crippen molar-refractivity contribution in [3.63, 3.8) is 0 Å². The van der Waals surface area contributed by atoms with Crippen LogP contribution in [-0.4, -0.2) is 23.0 Å². The monoisotopic (exact) mass is 272 g/mol.